The van der Waals surface area contributed by atoms with E-state index in [0.29, 0.717) is 19.8 Å². The molecule has 0 amide bonds. The third kappa shape index (κ3) is 11.0. The Balaban J connectivity index is 2.25. The van der Waals surface area contributed by atoms with Crippen molar-refractivity contribution in [3.8, 4) is 5.75 Å². The van der Waals surface area contributed by atoms with Gasteiger partial charge in [0.2, 0.25) is 0 Å². The second-order valence-electron chi connectivity index (χ2n) is 14.9. The predicted molar refractivity (Wildman–Crippen MR) is 180 cm³/mol. The van der Waals surface area contributed by atoms with Crippen LogP contribution in [0.2, 0.25) is 36.3 Å². The Labute approximate surface area is 253 Å². The van der Waals surface area contributed by atoms with Gasteiger partial charge < -0.3 is 18.7 Å². The molecule has 0 atom stereocenters. The molecule has 0 aliphatic carbocycles. The van der Waals surface area contributed by atoms with Crippen LogP contribution in [0, 0.1) is 0 Å². The van der Waals surface area contributed by atoms with Gasteiger partial charge >= 0.3 is 0 Å². The van der Waals surface area contributed by atoms with E-state index in [4.69, 9.17) is 13.6 Å². The zero-order chi connectivity index (χ0) is 31.3. The Bertz CT molecular complexity index is 1210. The molecule has 0 radical (unpaired) electrons. The second kappa shape index (κ2) is 13.6. The number of aliphatic hydroxyl groups is 1. The molecule has 2 rings (SSSR count). The fourth-order valence-corrected chi connectivity index (χ4v) is 5.41. The molecule has 2 aromatic rings. The van der Waals surface area contributed by atoms with Gasteiger partial charge in [-0.2, -0.15) is 0 Å². The van der Waals surface area contributed by atoms with Crippen molar-refractivity contribution in [1.82, 2.24) is 0 Å². The predicted octanol–water partition coefficient (Wildman–Crippen LogP) is 10.0. The number of hydrogen-bond donors (Lipinski definition) is 1. The summed E-state index contributed by atoms with van der Waals surface area (Å²) >= 11 is 0. The number of ether oxygens (including phenoxy) is 1. The molecule has 6 heteroatoms. The molecule has 228 valence electrons. The summed E-state index contributed by atoms with van der Waals surface area (Å²) in [5, 5.41) is 10.2. The van der Waals surface area contributed by atoms with Gasteiger partial charge in [0.05, 0.1) is 18.8 Å². The van der Waals surface area contributed by atoms with E-state index in [1.165, 1.54) is 11.1 Å². The fraction of sp³-hybridized carbons (Fsp3) is 0.543. The van der Waals surface area contributed by atoms with Crippen LogP contribution < -0.4 is 4.74 Å². The largest absolute Gasteiger partial charge is 0.489 e. The molecule has 4 nitrogen and oxygen atoms in total. The van der Waals surface area contributed by atoms with Crippen LogP contribution in [0.25, 0.3) is 5.57 Å². The van der Waals surface area contributed by atoms with Crippen molar-refractivity contribution in [2.24, 2.45) is 0 Å². The molecule has 0 spiro atoms. The average Bonchev–Trinajstić information content (AvgIpc) is 2.83. The summed E-state index contributed by atoms with van der Waals surface area (Å²) in [4.78, 5) is 0. The van der Waals surface area contributed by atoms with E-state index in [1.807, 2.05) is 24.3 Å². The zero-order valence-corrected chi connectivity index (χ0v) is 30.1. The van der Waals surface area contributed by atoms with Gasteiger partial charge in [-0.3, -0.25) is 0 Å². The molecule has 0 aliphatic heterocycles. The molecule has 0 aromatic heterocycles. The average molecular weight is 597 g/mol. The first-order valence-electron chi connectivity index (χ1n) is 14.8. The molecule has 1 N–H and O–H groups in total. The van der Waals surface area contributed by atoms with Gasteiger partial charge in [-0.05, 0) is 103 Å². The van der Waals surface area contributed by atoms with Crippen LogP contribution in [0.4, 0.5) is 0 Å². The number of benzene rings is 2. The van der Waals surface area contributed by atoms with Gasteiger partial charge in [0.1, 0.15) is 12.4 Å². The first kappa shape index (κ1) is 35.2. The Morgan fingerprint density at radius 3 is 1.85 bits per heavy atom. The molecule has 0 saturated heterocycles. The third-order valence-electron chi connectivity index (χ3n) is 8.61. The highest BCUT2D eigenvalue weighted by molar-refractivity contribution is 6.74. The summed E-state index contributed by atoms with van der Waals surface area (Å²) in [5.74, 6) is 0.825. The Kier molecular flexibility index (Phi) is 11.6. The molecule has 2 aromatic carbocycles. The second-order valence-corrected chi connectivity index (χ2v) is 24.5. The minimum absolute atomic E-state index is 0.146. The summed E-state index contributed by atoms with van der Waals surface area (Å²) in [7, 11) is -3.80. The van der Waals surface area contributed by atoms with Gasteiger partial charge in [0.15, 0.2) is 16.6 Å². The maximum atomic E-state index is 9.92. The van der Waals surface area contributed by atoms with Crippen LogP contribution in [0.15, 0.2) is 60.7 Å². The lowest BCUT2D eigenvalue weighted by molar-refractivity contribution is 0.133. The number of hydrogen-bond acceptors (Lipinski definition) is 4. The quantitative estimate of drug-likeness (QED) is 0.196. The van der Waals surface area contributed by atoms with Crippen LogP contribution >= 0.6 is 0 Å². The van der Waals surface area contributed by atoms with E-state index in [9.17, 15) is 5.11 Å². The van der Waals surface area contributed by atoms with Crippen molar-refractivity contribution in [2.45, 2.75) is 124 Å². The summed E-state index contributed by atoms with van der Waals surface area (Å²) in [6, 6.07) is 14.7. The summed E-state index contributed by atoms with van der Waals surface area (Å²) in [5.41, 5.74) is 4.85. The number of rotatable bonds is 12. The highest BCUT2D eigenvalue weighted by atomic mass is 28.4. The summed E-state index contributed by atoms with van der Waals surface area (Å²) in [6.45, 7) is 30.1. The Hall–Kier alpha value is -1.97. The van der Waals surface area contributed by atoms with Crippen molar-refractivity contribution in [2.75, 3.05) is 0 Å². The minimum Gasteiger partial charge on any atom is -0.489 e. The first-order valence-corrected chi connectivity index (χ1v) is 20.6. The highest BCUT2D eigenvalue weighted by Crippen LogP contribution is 2.39. The van der Waals surface area contributed by atoms with E-state index in [0.717, 1.165) is 22.4 Å². The van der Waals surface area contributed by atoms with Gasteiger partial charge in [-0.1, -0.05) is 84.0 Å². The van der Waals surface area contributed by atoms with Crippen molar-refractivity contribution in [1.29, 1.82) is 0 Å². The summed E-state index contributed by atoms with van der Waals surface area (Å²) in [6.07, 6.45) is 5.69. The molecule has 0 aliphatic rings. The number of allylic oxidation sites excluding steroid dienone is 3. The van der Waals surface area contributed by atoms with E-state index in [2.05, 4.69) is 105 Å². The van der Waals surface area contributed by atoms with Gasteiger partial charge in [0, 0.05) is 0 Å². The van der Waals surface area contributed by atoms with Gasteiger partial charge in [0.25, 0.3) is 0 Å². The Morgan fingerprint density at radius 2 is 1.32 bits per heavy atom. The fourth-order valence-electron chi connectivity index (χ4n) is 3.52. The molecule has 41 heavy (non-hydrogen) atoms. The smallest absolute Gasteiger partial charge is 0.192 e. The molecule has 0 bridgehead atoms. The van der Waals surface area contributed by atoms with Crippen LogP contribution in [0.5, 0.6) is 5.75 Å². The lowest BCUT2D eigenvalue weighted by Gasteiger charge is -2.37. The van der Waals surface area contributed by atoms with Crippen LogP contribution in [-0.2, 0) is 28.7 Å². The van der Waals surface area contributed by atoms with Crippen molar-refractivity contribution in [3.63, 3.8) is 0 Å². The maximum absolute atomic E-state index is 9.92. The molecule has 0 heterocycles. The molecular weight excluding hydrogens is 541 g/mol. The summed E-state index contributed by atoms with van der Waals surface area (Å²) < 4.78 is 19.5. The molecule has 0 unspecified atom stereocenters. The standard InChI is InChI=1S/C35H56O4Si2/c1-27(16-15-21-35(8,9)36)29-17-14-18-32(23-29)37-24-28-19-20-30(25-38-40(10,11)33(2,3)4)31(22-28)26-39-41(12,13)34(5,6)7/h14-23,36H,24-26H2,1-13H3. The minimum atomic E-state index is -1.91. The monoisotopic (exact) mass is 596 g/mol. The van der Waals surface area contributed by atoms with E-state index in [1.54, 1.807) is 19.9 Å². The third-order valence-corrected chi connectivity index (χ3v) is 17.6. The van der Waals surface area contributed by atoms with Gasteiger partial charge in [-0.15, -0.1) is 0 Å². The molecular formula is C35H56O4Si2. The van der Waals surface area contributed by atoms with E-state index < -0.39 is 22.2 Å². The molecule has 0 saturated carbocycles. The normalized spacial score (nSPS) is 14.1. The highest BCUT2D eigenvalue weighted by Gasteiger charge is 2.38. The Morgan fingerprint density at radius 1 is 0.756 bits per heavy atom. The van der Waals surface area contributed by atoms with Crippen LogP contribution in [0.3, 0.4) is 0 Å². The SMILES string of the molecule is CC(=CC=CC(C)(C)O)c1cccc(OCc2ccc(CO[Si](C)(C)C(C)(C)C)c(CO[Si](C)(C)C(C)(C)C)c2)c1. The van der Waals surface area contributed by atoms with E-state index >= 15 is 0 Å². The first-order chi connectivity index (χ1) is 18.6. The van der Waals surface area contributed by atoms with Gasteiger partial charge in [-0.25, -0.2) is 0 Å². The lowest BCUT2D eigenvalue weighted by Crippen LogP contribution is -2.41. The maximum Gasteiger partial charge on any atom is 0.192 e. The molecule has 0 fully saturated rings. The van der Waals surface area contributed by atoms with Crippen molar-refractivity contribution >= 4 is 22.2 Å². The topological polar surface area (TPSA) is 47.9 Å². The van der Waals surface area contributed by atoms with Crippen molar-refractivity contribution in [3.05, 3.63) is 82.9 Å². The van der Waals surface area contributed by atoms with E-state index in [-0.39, 0.29) is 10.1 Å². The van der Waals surface area contributed by atoms with Crippen LogP contribution in [0.1, 0.15) is 84.6 Å². The van der Waals surface area contributed by atoms with Crippen molar-refractivity contribution < 1.29 is 18.7 Å². The zero-order valence-electron chi connectivity index (χ0n) is 28.1. The van der Waals surface area contributed by atoms with Crippen LogP contribution in [-0.4, -0.2) is 27.3 Å². The lowest BCUT2D eigenvalue weighted by atomic mass is 10.0.